The van der Waals surface area contributed by atoms with Crippen LogP contribution >= 0.6 is 0 Å². The van der Waals surface area contributed by atoms with Gasteiger partial charge < -0.3 is 19.5 Å². The molecule has 1 aliphatic heterocycles. The quantitative estimate of drug-likeness (QED) is 0.272. The molecule has 0 unspecified atom stereocenters. The molecule has 12 heteroatoms. The minimum Gasteiger partial charge on any atom is -0.376 e. The van der Waals surface area contributed by atoms with Crippen molar-refractivity contribution in [3.63, 3.8) is 0 Å². The lowest BCUT2D eigenvalue weighted by Crippen LogP contribution is -2.51. The fraction of sp³-hybridized carbons (Fsp3) is 0.562. The van der Waals surface area contributed by atoms with Gasteiger partial charge in [0.2, 0.25) is 0 Å². The number of benzene rings is 1. The molecule has 0 spiro atoms. The first-order valence-electron chi connectivity index (χ1n) is 8.26. The molecule has 0 aliphatic carbocycles. The van der Waals surface area contributed by atoms with Gasteiger partial charge in [-0.1, -0.05) is 23.3 Å². The minimum absolute atomic E-state index is 0.316. The predicted octanol–water partition coefficient (Wildman–Crippen LogP) is 0.826. The zero-order chi connectivity index (χ0) is 20.7. The predicted molar refractivity (Wildman–Crippen MR) is 97.9 cm³/mol. The molecule has 0 saturated carbocycles. The number of hydrogen-bond donors (Lipinski definition) is 1. The zero-order valence-corrected chi connectivity index (χ0v) is 16.4. The van der Waals surface area contributed by atoms with E-state index in [1.165, 1.54) is 14.2 Å². The van der Waals surface area contributed by atoms with Crippen molar-refractivity contribution < 1.29 is 31.6 Å². The fourth-order valence-corrected chi connectivity index (χ4v) is 3.58. The van der Waals surface area contributed by atoms with E-state index < -0.39 is 40.8 Å². The molecule has 1 saturated heterocycles. The molecule has 1 aromatic carbocycles. The lowest BCUT2D eigenvalue weighted by atomic mass is 10.0. The van der Waals surface area contributed by atoms with Crippen LogP contribution in [0.5, 0.6) is 0 Å². The molecule has 0 bridgehead atoms. The Kier molecular flexibility index (Phi) is 7.75. The Labute approximate surface area is 162 Å². The molecule has 11 nitrogen and oxygen atoms in total. The van der Waals surface area contributed by atoms with Gasteiger partial charge in [-0.3, -0.25) is 8.98 Å². The van der Waals surface area contributed by atoms with Gasteiger partial charge in [0.1, 0.15) is 24.4 Å². The van der Waals surface area contributed by atoms with Gasteiger partial charge in [-0.15, -0.1) is 0 Å². The Morgan fingerprint density at radius 1 is 1.32 bits per heavy atom. The molecule has 1 aromatic rings. The second kappa shape index (κ2) is 9.82. The van der Waals surface area contributed by atoms with Crippen molar-refractivity contribution in [2.24, 2.45) is 5.11 Å². The topological polar surface area (TPSA) is 149 Å². The summed E-state index contributed by atoms with van der Waals surface area (Å²) in [5.41, 5.74) is 9.00. The fourth-order valence-electron chi connectivity index (χ4n) is 2.96. The molecule has 154 valence electrons. The summed E-state index contributed by atoms with van der Waals surface area (Å²) in [6.07, 6.45) is -3.02. The number of carbonyl (C=O) groups excluding carboxylic acids is 1. The van der Waals surface area contributed by atoms with Gasteiger partial charge in [0.25, 0.3) is 16.0 Å². The van der Waals surface area contributed by atoms with Crippen molar-refractivity contribution in [2.45, 2.75) is 30.6 Å². The number of rotatable bonds is 9. The van der Waals surface area contributed by atoms with Crippen LogP contribution in [0.15, 0.2) is 35.4 Å². The summed E-state index contributed by atoms with van der Waals surface area (Å²) in [5.74, 6) is -0.380. The minimum atomic E-state index is -3.88. The molecule has 0 radical (unpaired) electrons. The van der Waals surface area contributed by atoms with Crippen molar-refractivity contribution >= 4 is 16.0 Å². The van der Waals surface area contributed by atoms with E-state index in [0.717, 1.165) is 6.26 Å². The number of methoxy groups -OCH3 is 2. The smallest absolute Gasteiger partial charge is 0.264 e. The van der Waals surface area contributed by atoms with Crippen LogP contribution in [0, 0.1) is 0 Å². The number of nitrogens with one attached hydrogen (secondary N) is 1. The molecule has 1 heterocycles. The average Bonchev–Trinajstić information content (AvgIpc) is 3.02. The summed E-state index contributed by atoms with van der Waals surface area (Å²) in [6.45, 7) is -0.316. The summed E-state index contributed by atoms with van der Waals surface area (Å²) in [4.78, 5) is 15.2. The van der Waals surface area contributed by atoms with Crippen molar-refractivity contribution in [3.05, 3.63) is 46.3 Å². The number of nitrogens with zero attached hydrogens (tertiary/aromatic N) is 3. The molecule has 1 fully saturated rings. The molecule has 2 rings (SSSR count). The third-order valence-electron chi connectivity index (χ3n) is 4.09. The highest BCUT2D eigenvalue weighted by atomic mass is 32.2. The molecular formula is C16H22N4O7S. The van der Waals surface area contributed by atoms with Crippen LogP contribution in [-0.2, 0) is 28.5 Å². The highest BCUT2D eigenvalue weighted by Gasteiger charge is 2.50. The lowest BCUT2D eigenvalue weighted by Gasteiger charge is -2.26. The summed E-state index contributed by atoms with van der Waals surface area (Å²) in [5, 5.41) is 6.16. The maximum absolute atomic E-state index is 12.5. The summed E-state index contributed by atoms with van der Waals surface area (Å²) < 4.78 is 44.7. The van der Waals surface area contributed by atoms with Gasteiger partial charge in [0.05, 0.1) is 12.8 Å². The van der Waals surface area contributed by atoms with Crippen molar-refractivity contribution in [1.82, 2.24) is 5.32 Å². The third-order valence-corrected chi connectivity index (χ3v) is 4.69. The highest BCUT2D eigenvalue weighted by Crippen LogP contribution is 2.29. The third kappa shape index (κ3) is 5.64. The molecule has 1 amide bonds. The van der Waals surface area contributed by atoms with Crippen LogP contribution < -0.4 is 5.32 Å². The average molecular weight is 414 g/mol. The first-order valence-corrected chi connectivity index (χ1v) is 10.1. The Morgan fingerprint density at radius 3 is 2.54 bits per heavy atom. The van der Waals surface area contributed by atoms with Gasteiger partial charge in [-0.2, -0.15) is 8.42 Å². The van der Waals surface area contributed by atoms with Crippen LogP contribution in [0.4, 0.5) is 0 Å². The highest BCUT2D eigenvalue weighted by molar-refractivity contribution is 7.86. The number of carbonyl (C=O) groups is 1. The Bertz CT molecular complexity index is 814. The van der Waals surface area contributed by atoms with E-state index in [4.69, 9.17) is 23.9 Å². The Hall–Kier alpha value is -2.21. The Balaban J connectivity index is 2.26. The molecule has 1 N–H and O–H groups in total. The second-order valence-electron chi connectivity index (χ2n) is 6.02. The van der Waals surface area contributed by atoms with E-state index in [1.807, 2.05) is 0 Å². The van der Waals surface area contributed by atoms with E-state index in [0.29, 0.717) is 5.56 Å². The first-order chi connectivity index (χ1) is 13.3. The summed E-state index contributed by atoms with van der Waals surface area (Å²) in [7, 11) is -1.12. The van der Waals surface area contributed by atoms with E-state index >= 15 is 0 Å². The van der Waals surface area contributed by atoms with Crippen molar-refractivity contribution in [3.8, 4) is 0 Å². The summed E-state index contributed by atoms with van der Waals surface area (Å²) >= 11 is 0. The van der Waals surface area contributed by atoms with Crippen molar-refractivity contribution in [2.75, 3.05) is 27.0 Å². The van der Waals surface area contributed by atoms with Crippen LogP contribution in [-0.4, -0.2) is 72.0 Å². The van der Waals surface area contributed by atoms with Gasteiger partial charge in [-0.05, 0) is 17.7 Å². The first kappa shape index (κ1) is 22.1. The maximum atomic E-state index is 12.5. The zero-order valence-electron chi connectivity index (χ0n) is 15.6. The van der Waals surface area contributed by atoms with Crippen LogP contribution in [0.3, 0.4) is 0 Å². The number of hydrogen-bond acceptors (Lipinski definition) is 8. The van der Waals surface area contributed by atoms with Crippen LogP contribution in [0.2, 0.25) is 0 Å². The number of amides is 1. The standard InChI is InChI=1S/C16H22N4O7S/c1-24-14-12(19-15(21)10-7-5-4-6-8-10)16(25-2)26-13(14)11(9-18-20-17)27-28(3,22)23/h4-8,11-14,16H,9H2,1-3H3,(H,19,21)/t11-,12+,13+,14+,16+/m0/s1. The van der Waals surface area contributed by atoms with E-state index in [1.54, 1.807) is 30.3 Å². The number of azide groups is 1. The normalized spacial score (nSPS) is 25.7. The van der Waals surface area contributed by atoms with E-state index in [-0.39, 0.29) is 12.5 Å². The van der Waals surface area contributed by atoms with Gasteiger partial charge in [-0.25, -0.2) is 0 Å². The summed E-state index contributed by atoms with van der Waals surface area (Å²) in [6, 6.07) is 7.75. The van der Waals surface area contributed by atoms with E-state index in [2.05, 4.69) is 15.3 Å². The largest absolute Gasteiger partial charge is 0.376 e. The molecule has 1 aliphatic rings. The van der Waals surface area contributed by atoms with Crippen LogP contribution in [0.25, 0.3) is 10.4 Å². The molecule has 5 atom stereocenters. The number of ether oxygens (including phenoxy) is 3. The second-order valence-corrected chi connectivity index (χ2v) is 7.62. The maximum Gasteiger partial charge on any atom is 0.264 e. The van der Waals surface area contributed by atoms with E-state index in [9.17, 15) is 13.2 Å². The molecule has 0 aromatic heterocycles. The van der Waals surface area contributed by atoms with Crippen LogP contribution in [0.1, 0.15) is 10.4 Å². The van der Waals surface area contributed by atoms with Crippen molar-refractivity contribution in [1.29, 1.82) is 0 Å². The molecular weight excluding hydrogens is 392 g/mol. The molecule has 28 heavy (non-hydrogen) atoms. The lowest BCUT2D eigenvalue weighted by molar-refractivity contribution is -0.143. The Morgan fingerprint density at radius 2 is 2.00 bits per heavy atom. The van der Waals surface area contributed by atoms with Gasteiger partial charge >= 0.3 is 0 Å². The van der Waals surface area contributed by atoms with Gasteiger partial charge in [0, 0.05) is 24.7 Å². The monoisotopic (exact) mass is 414 g/mol. The SMILES string of the molecule is CO[C@@H]1O[C@H]([C@H](CN=[N+]=[N-])OS(C)(=O)=O)[C@H](OC)[C@H]1NC(=O)c1ccccc1. The van der Waals surface area contributed by atoms with Gasteiger partial charge in [0.15, 0.2) is 6.29 Å².